The summed E-state index contributed by atoms with van der Waals surface area (Å²) in [6, 6.07) is 58.2. The smallest absolute Gasteiger partial charge is 0.160 e. The lowest BCUT2D eigenvalue weighted by Gasteiger charge is -2.31. The molecule has 0 N–H and O–H groups in total. The molecule has 0 radical (unpaired) electrons. The molecule has 1 aliphatic heterocycles. The van der Waals surface area contributed by atoms with Crippen LogP contribution in [0.5, 0.6) is 0 Å². The first-order valence-electron chi connectivity index (χ1n) is 18.1. The van der Waals surface area contributed by atoms with Gasteiger partial charge in [-0.05, 0) is 99.6 Å². The van der Waals surface area contributed by atoms with Crippen LogP contribution in [0.15, 0.2) is 181 Å². The molecule has 2 heterocycles. The van der Waals surface area contributed by atoms with Gasteiger partial charge >= 0.3 is 0 Å². The molecule has 53 heavy (non-hydrogen) atoms. The maximum atomic E-state index is 5.25. The van der Waals surface area contributed by atoms with E-state index in [1.54, 1.807) is 0 Å². The van der Waals surface area contributed by atoms with Crippen molar-refractivity contribution in [2.75, 3.05) is 7.05 Å². The summed E-state index contributed by atoms with van der Waals surface area (Å²) in [5, 5.41) is 4.85. The third-order valence-electron chi connectivity index (χ3n) is 10.3. The van der Waals surface area contributed by atoms with Gasteiger partial charge in [-0.25, -0.2) is 9.97 Å². The van der Waals surface area contributed by atoms with Gasteiger partial charge < -0.3 is 4.90 Å². The Balaban J connectivity index is 1.27. The topological polar surface area (TPSA) is 41.4 Å². The molecule has 0 bridgehead atoms. The van der Waals surface area contributed by atoms with E-state index in [2.05, 4.69) is 184 Å². The molecule has 254 valence electrons. The summed E-state index contributed by atoms with van der Waals surface area (Å²) in [4.78, 5) is 17.7. The van der Waals surface area contributed by atoms with Crippen LogP contribution in [-0.4, -0.2) is 27.6 Å². The first kappa shape index (κ1) is 32.3. The largest absolute Gasteiger partial charge is 0.353 e. The SMILES string of the molecule is CC1=CC(C)=NC(c2ccc(-c3cc(-c4nc(-c5ccccc5)cc(-c5ccccc5)n4)cc(-c4c5ccccc5cc5ccccc45)c3)cc2)N1C. The highest BCUT2D eigenvalue weighted by Crippen LogP contribution is 2.41. The van der Waals surface area contributed by atoms with Gasteiger partial charge in [-0.1, -0.05) is 133 Å². The Bertz CT molecular complexity index is 2580. The van der Waals surface area contributed by atoms with Gasteiger partial charge in [-0.15, -0.1) is 0 Å². The molecule has 9 rings (SSSR count). The third kappa shape index (κ3) is 6.19. The molecule has 1 atom stereocenters. The van der Waals surface area contributed by atoms with Gasteiger partial charge in [0.2, 0.25) is 0 Å². The lowest BCUT2D eigenvalue weighted by atomic mass is 9.89. The molecule has 4 nitrogen and oxygen atoms in total. The van der Waals surface area contributed by atoms with Crippen LogP contribution in [-0.2, 0) is 0 Å². The van der Waals surface area contributed by atoms with Gasteiger partial charge in [0.15, 0.2) is 5.82 Å². The number of fused-ring (bicyclic) bond motifs is 2. The second kappa shape index (κ2) is 13.5. The van der Waals surface area contributed by atoms with E-state index in [1.165, 1.54) is 32.8 Å². The van der Waals surface area contributed by atoms with Crippen LogP contribution in [0.1, 0.15) is 25.6 Å². The second-order valence-corrected chi connectivity index (χ2v) is 13.8. The molecule has 7 aromatic carbocycles. The van der Waals surface area contributed by atoms with Gasteiger partial charge in [0, 0.05) is 35.1 Å². The molecule has 4 heteroatoms. The van der Waals surface area contributed by atoms with E-state index in [-0.39, 0.29) is 6.17 Å². The van der Waals surface area contributed by atoms with E-state index in [0.29, 0.717) is 5.82 Å². The number of aliphatic imine (C=N–C) groups is 1. The van der Waals surface area contributed by atoms with E-state index in [0.717, 1.165) is 56.0 Å². The number of hydrogen-bond donors (Lipinski definition) is 0. The van der Waals surface area contributed by atoms with Crippen LogP contribution in [0.4, 0.5) is 0 Å². The van der Waals surface area contributed by atoms with Gasteiger partial charge in [-0.3, -0.25) is 4.99 Å². The summed E-state index contributed by atoms with van der Waals surface area (Å²) in [6.07, 6.45) is 2.08. The molecule has 0 fully saturated rings. The fourth-order valence-electron chi connectivity index (χ4n) is 7.54. The molecule has 0 amide bonds. The molecule has 0 saturated heterocycles. The minimum absolute atomic E-state index is 0.0523. The zero-order valence-corrected chi connectivity index (χ0v) is 30.0. The minimum Gasteiger partial charge on any atom is -0.353 e. The Hall–Kier alpha value is -6.65. The van der Waals surface area contributed by atoms with E-state index in [9.17, 15) is 0 Å². The maximum Gasteiger partial charge on any atom is 0.160 e. The van der Waals surface area contributed by atoms with Crippen molar-refractivity contribution < 1.29 is 0 Å². The summed E-state index contributed by atoms with van der Waals surface area (Å²) in [5.41, 5.74) is 12.8. The van der Waals surface area contributed by atoms with Crippen molar-refractivity contribution in [2.45, 2.75) is 20.0 Å². The fourth-order valence-corrected chi connectivity index (χ4v) is 7.54. The van der Waals surface area contributed by atoms with Gasteiger partial charge in [0.25, 0.3) is 0 Å². The van der Waals surface area contributed by atoms with Crippen molar-refractivity contribution in [3.8, 4) is 56.2 Å². The first-order valence-corrected chi connectivity index (χ1v) is 18.1. The van der Waals surface area contributed by atoms with E-state index in [4.69, 9.17) is 15.0 Å². The summed E-state index contributed by atoms with van der Waals surface area (Å²) >= 11 is 0. The van der Waals surface area contributed by atoms with Gasteiger partial charge in [0.05, 0.1) is 11.4 Å². The maximum absolute atomic E-state index is 5.25. The molecule has 0 spiro atoms. The van der Waals surface area contributed by atoms with Gasteiger partial charge in [0.1, 0.15) is 6.17 Å². The van der Waals surface area contributed by atoms with Crippen molar-refractivity contribution in [3.63, 3.8) is 0 Å². The second-order valence-electron chi connectivity index (χ2n) is 13.8. The zero-order valence-electron chi connectivity index (χ0n) is 30.0. The normalized spacial score (nSPS) is 14.3. The molecule has 1 aliphatic rings. The highest BCUT2D eigenvalue weighted by atomic mass is 15.2. The lowest BCUT2D eigenvalue weighted by molar-refractivity contribution is 0.315. The number of rotatable bonds is 6. The highest BCUT2D eigenvalue weighted by molar-refractivity contribution is 6.13. The Morgan fingerprint density at radius 2 is 1.00 bits per heavy atom. The number of hydrogen-bond acceptors (Lipinski definition) is 4. The van der Waals surface area contributed by atoms with Gasteiger partial charge in [-0.2, -0.15) is 0 Å². The minimum atomic E-state index is -0.0523. The third-order valence-corrected chi connectivity index (χ3v) is 10.3. The first-order chi connectivity index (χ1) is 26.0. The quantitative estimate of drug-likeness (QED) is 0.164. The molecule has 1 unspecified atom stereocenters. The van der Waals surface area contributed by atoms with Crippen molar-refractivity contribution in [3.05, 3.63) is 181 Å². The van der Waals surface area contributed by atoms with E-state index < -0.39 is 0 Å². The summed E-state index contributed by atoms with van der Waals surface area (Å²) in [5.74, 6) is 0.686. The average molecular weight is 683 g/mol. The Kier molecular flexibility index (Phi) is 8.21. The van der Waals surface area contributed by atoms with Crippen LogP contribution in [0, 0.1) is 0 Å². The fraction of sp³-hybridized carbons (Fsp3) is 0.0816. The van der Waals surface area contributed by atoms with Crippen LogP contribution in [0.2, 0.25) is 0 Å². The number of allylic oxidation sites excluding steroid dienone is 2. The molecular formula is C49H38N4. The predicted octanol–water partition coefficient (Wildman–Crippen LogP) is 12.4. The Morgan fingerprint density at radius 1 is 0.472 bits per heavy atom. The standard InChI is InChI=1S/C49H38N4/c1-32-26-33(2)53(3)49(50-32)37-24-22-34(23-25-37)40-28-41(47-43-20-12-10-18-38(43)27-39-19-11-13-21-44(39)47)30-42(29-40)48-51-45(35-14-6-4-7-15-35)31-46(52-48)36-16-8-5-9-17-36/h4-31,49H,1-3H3. The van der Waals surface area contributed by atoms with Crippen LogP contribution >= 0.6 is 0 Å². The number of nitrogens with zero attached hydrogens (tertiary/aromatic N) is 4. The van der Waals surface area contributed by atoms with Crippen LogP contribution in [0.25, 0.3) is 77.7 Å². The van der Waals surface area contributed by atoms with Crippen molar-refractivity contribution in [1.82, 2.24) is 14.9 Å². The van der Waals surface area contributed by atoms with Crippen molar-refractivity contribution >= 4 is 27.3 Å². The van der Waals surface area contributed by atoms with E-state index >= 15 is 0 Å². The highest BCUT2D eigenvalue weighted by Gasteiger charge is 2.21. The van der Waals surface area contributed by atoms with Crippen molar-refractivity contribution in [2.24, 2.45) is 4.99 Å². The van der Waals surface area contributed by atoms with E-state index in [1.807, 2.05) is 12.1 Å². The van der Waals surface area contributed by atoms with Crippen LogP contribution in [0.3, 0.4) is 0 Å². The summed E-state index contributed by atoms with van der Waals surface area (Å²) in [7, 11) is 2.11. The molecule has 0 saturated carbocycles. The Labute approximate surface area is 310 Å². The van der Waals surface area contributed by atoms with Crippen molar-refractivity contribution in [1.29, 1.82) is 0 Å². The number of benzene rings is 7. The molecule has 0 aliphatic carbocycles. The average Bonchev–Trinajstić information content (AvgIpc) is 3.21. The zero-order chi connectivity index (χ0) is 35.9. The van der Waals surface area contributed by atoms with Crippen LogP contribution < -0.4 is 0 Å². The number of aromatic nitrogens is 2. The molecular weight excluding hydrogens is 645 g/mol. The summed E-state index contributed by atoms with van der Waals surface area (Å²) < 4.78 is 0. The molecule has 8 aromatic rings. The monoisotopic (exact) mass is 682 g/mol. The predicted molar refractivity (Wildman–Crippen MR) is 222 cm³/mol. The Morgan fingerprint density at radius 3 is 1.60 bits per heavy atom. The molecule has 1 aromatic heterocycles. The lowest BCUT2D eigenvalue weighted by Crippen LogP contribution is -2.25. The summed E-state index contributed by atoms with van der Waals surface area (Å²) in [6.45, 7) is 4.21.